The summed E-state index contributed by atoms with van der Waals surface area (Å²) in [5.41, 5.74) is 4.52. The SMILES string of the molecule is COc1ccc(C[C@H]2Cc3cc(C)cnc3[C@@H](O)C2)cc1. The molecule has 3 rings (SSSR count). The van der Waals surface area contributed by atoms with Crippen LogP contribution >= 0.6 is 0 Å². The zero-order valence-electron chi connectivity index (χ0n) is 12.5. The number of methoxy groups -OCH3 is 1. The molecule has 1 N–H and O–H groups in total. The van der Waals surface area contributed by atoms with Gasteiger partial charge in [0.05, 0.1) is 18.9 Å². The van der Waals surface area contributed by atoms with E-state index in [1.165, 1.54) is 11.1 Å². The van der Waals surface area contributed by atoms with Crippen molar-refractivity contribution in [2.75, 3.05) is 7.11 Å². The summed E-state index contributed by atoms with van der Waals surface area (Å²) in [5, 5.41) is 10.3. The first-order valence-corrected chi connectivity index (χ1v) is 7.42. The summed E-state index contributed by atoms with van der Waals surface area (Å²) in [4.78, 5) is 4.40. The number of nitrogens with zero attached hydrogens (tertiary/aromatic N) is 1. The minimum absolute atomic E-state index is 0.433. The van der Waals surface area contributed by atoms with Gasteiger partial charge >= 0.3 is 0 Å². The lowest BCUT2D eigenvalue weighted by atomic mass is 9.81. The van der Waals surface area contributed by atoms with Gasteiger partial charge in [-0.15, -0.1) is 0 Å². The summed E-state index contributed by atoms with van der Waals surface area (Å²) in [7, 11) is 1.68. The number of pyridine rings is 1. The van der Waals surface area contributed by atoms with Crippen molar-refractivity contribution in [1.82, 2.24) is 4.98 Å². The second-order valence-electron chi connectivity index (χ2n) is 5.93. The fourth-order valence-electron chi connectivity index (χ4n) is 3.18. The summed E-state index contributed by atoms with van der Waals surface area (Å²) in [6.45, 7) is 2.05. The van der Waals surface area contributed by atoms with Gasteiger partial charge in [-0.05, 0) is 60.9 Å². The molecule has 110 valence electrons. The molecule has 3 nitrogen and oxygen atoms in total. The van der Waals surface area contributed by atoms with Gasteiger partial charge in [0.15, 0.2) is 0 Å². The normalized spacial score (nSPS) is 20.9. The molecular formula is C18H21NO2. The van der Waals surface area contributed by atoms with Crippen molar-refractivity contribution in [1.29, 1.82) is 0 Å². The van der Waals surface area contributed by atoms with Gasteiger partial charge in [0, 0.05) is 6.20 Å². The van der Waals surface area contributed by atoms with Crippen LogP contribution in [0.3, 0.4) is 0 Å². The van der Waals surface area contributed by atoms with Crippen molar-refractivity contribution in [3.8, 4) is 5.75 Å². The predicted molar refractivity (Wildman–Crippen MR) is 82.4 cm³/mol. The molecule has 0 spiro atoms. The first kappa shape index (κ1) is 14.1. The van der Waals surface area contributed by atoms with Gasteiger partial charge in [-0.3, -0.25) is 4.98 Å². The number of hydrogen-bond acceptors (Lipinski definition) is 3. The highest BCUT2D eigenvalue weighted by atomic mass is 16.5. The highest BCUT2D eigenvalue weighted by Crippen LogP contribution is 2.34. The van der Waals surface area contributed by atoms with E-state index < -0.39 is 6.10 Å². The van der Waals surface area contributed by atoms with Crippen molar-refractivity contribution in [3.63, 3.8) is 0 Å². The molecule has 0 unspecified atom stereocenters. The first-order valence-electron chi connectivity index (χ1n) is 7.42. The van der Waals surface area contributed by atoms with Gasteiger partial charge in [-0.25, -0.2) is 0 Å². The number of aliphatic hydroxyl groups is 1. The smallest absolute Gasteiger partial charge is 0.118 e. The number of rotatable bonds is 3. The number of aliphatic hydroxyl groups excluding tert-OH is 1. The quantitative estimate of drug-likeness (QED) is 0.940. The van der Waals surface area contributed by atoms with E-state index in [2.05, 4.69) is 23.2 Å². The maximum Gasteiger partial charge on any atom is 0.118 e. The summed E-state index contributed by atoms with van der Waals surface area (Å²) in [6, 6.07) is 10.4. The molecule has 21 heavy (non-hydrogen) atoms. The molecule has 1 aromatic carbocycles. The number of aryl methyl sites for hydroxylation is 1. The molecule has 0 amide bonds. The van der Waals surface area contributed by atoms with Crippen molar-refractivity contribution >= 4 is 0 Å². The van der Waals surface area contributed by atoms with E-state index in [9.17, 15) is 5.11 Å². The van der Waals surface area contributed by atoms with E-state index in [1.807, 2.05) is 25.3 Å². The Morgan fingerprint density at radius 1 is 1.29 bits per heavy atom. The van der Waals surface area contributed by atoms with Crippen LogP contribution in [0, 0.1) is 12.8 Å². The molecule has 0 radical (unpaired) electrons. The fraction of sp³-hybridized carbons (Fsp3) is 0.389. The molecule has 2 aromatic rings. The van der Waals surface area contributed by atoms with Crippen LogP contribution in [-0.2, 0) is 12.8 Å². The average molecular weight is 283 g/mol. The molecule has 0 saturated heterocycles. The largest absolute Gasteiger partial charge is 0.497 e. The minimum atomic E-state index is -0.433. The van der Waals surface area contributed by atoms with Gasteiger partial charge in [-0.2, -0.15) is 0 Å². The Labute approximate surface area is 125 Å². The molecule has 0 saturated carbocycles. The zero-order valence-corrected chi connectivity index (χ0v) is 12.5. The van der Waals surface area contributed by atoms with Crippen LogP contribution < -0.4 is 4.74 Å². The molecule has 0 bridgehead atoms. The lowest BCUT2D eigenvalue weighted by molar-refractivity contribution is 0.127. The van der Waals surface area contributed by atoms with E-state index in [0.717, 1.165) is 36.3 Å². The average Bonchev–Trinajstić information content (AvgIpc) is 2.47. The van der Waals surface area contributed by atoms with Gasteiger partial charge in [0.1, 0.15) is 5.75 Å². The summed E-state index contributed by atoms with van der Waals surface area (Å²) < 4.78 is 5.19. The first-order chi connectivity index (χ1) is 10.2. The molecule has 1 heterocycles. The van der Waals surface area contributed by atoms with Crippen LogP contribution in [0.25, 0.3) is 0 Å². The van der Waals surface area contributed by atoms with Gasteiger partial charge in [-0.1, -0.05) is 18.2 Å². The van der Waals surface area contributed by atoms with Gasteiger partial charge in [0.25, 0.3) is 0 Å². The fourth-order valence-corrected chi connectivity index (χ4v) is 3.18. The van der Waals surface area contributed by atoms with Gasteiger partial charge < -0.3 is 9.84 Å². The number of fused-ring (bicyclic) bond motifs is 1. The Morgan fingerprint density at radius 3 is 2.76 bits per heavy atom. The number of benzene rings is 1. The van der Waals surface area contributed by atoms with Crippen LogP contribution in [0.2, 0.25) is 0 Å². The Balaban J connectivity index is 1.75. The molecule has 1 aliphatic carbocycles. The molecule has 0 fully saturated rings. The number of hydrogen-bond donors (Lipinski definition) is 1. The highest BCUT2D eigenvalue weighted by Gasteiger charge is 2.26. The maximum atomic E-state index is 10.3. The summed E-state index contributed by atoms with van der Waals surface area (Å²) >= 11 is 0. The van der Waals surface area contributed by atoms with Crippen LogP contribution in [0.1, 0.15) is 34.9 Å². The second-order valence-corrected chi connectivity index (χ2v) is 5.93. The van der Waals surface area contributed by atoms with E-state index >= 15 is 0 Å². The third-order valence-corrected chi connectivity index (χ3v) is 4.20. The monoisotopic (exact) mass is 283 g/mol. The summed E-state index contributed by atoms with van der Waals surface area (Å²) in [6.07, 6.45) is 4.17. The van der Waals surface area contributed by atoms with Crippen molar-refractivity contribution in [3.05, 3.63) is 58.9 Å². The minimum Gasteiger partial charge on any atom is -0.497 e. The van der Waals surface area contributed by atoms with E-state index in [0.29, 0.717) is 5.92 Å². The molecular weight excluding hydrogens is 262 g/mol. The standard InChI is InChI=1S/C18H21NO2/c1-12-7-15-9-14(10-17(20)18(15)19-11-12)8-13-3-5-16(21-2)6-4-13/h3-7,11,14,17,20H,8-10H2,1-2H3/t14-,17-/m0/s1. The molecule has 2 atom stereocenters. The zero-order chi connectivity index (χ0) is 14.8. The molecule has 1 aliphatic rings. The number of aromatic nitrogens is 1. The lowest BCUT2D eigenvalue weighted by Crippen LogP contribution is -2.21. The Kier molecular flexibility index (Phi) is 3.93. The van der Waals surface area contributed by atoms with E-state index in [-0.39, 0.29) is 0 Å². The van der Waals surface area contributed by atoms with Crippen molar-refractivity contribution in [2.24, 2.45) is 5.92 Å². The van der Waals surface area contributed by atoms with E-state index in [4.69, 9.17) is 4.74 Å². The summed E-state index contributed by atoms with van der Waals surface area (Å²) in [5.74, 6) is 1.34. The second kappa shape index (κ2) is 5.86. The van der Waals surface area contributed by atoms with Crippen molar-refractivity contribution < 1.29 is 9.84 Å². The molecule has 1 aromatic heterocycles. The van der Waals surface area contributed by atoms with Crippen LogP contribution in [0.5, 0.6) is 5.75 Å². The van der Waals surface area contributed by atoms with Crippen LogP contribution in [0.4, 0.5) is 0 Å². The third kappa shape index (κ3) is 3.08. The predicted octanol–water partition coefficient (Wildman–Crippen LogP) is 3.24. The Bertz CT molecular complexity index is 622. The van der Waals surface area contributed by atoms with Crippen LogP contribution in [-0.4, -0.2) is 17.2 Å². The molecule has 3 heteroatoms. The van der Waals surface area contributed by atoms with E-state index in [1.54, 1.807) is 7.11 Å². The Morgan fingerprint density at radius 2 is 2.05 bits per heavy atom. The van der Waals surface area contributed by atoms with Crippen LogP contribution in [0.15, 0.2) is 36.5 Å². The highest BCUT2D eigenvalue weighted by molar-refractivity contribution is 5.31. The topological polar surface area (TPSA) is 42.4 Å². The Hall–Kier alpha value is -1.87. The maximum absolute atomic E-state index is 10.3. The third-order valence-electron chi connectivity index (χ3n) is 4.20. The lowest BCUT2D eigenvalue weighted by Gasteiger charge is -2.28. The number of ether oxygens (including phenoxy) is 1. The molecule has 0 aliphatic heterocycles. The van der Waals surface area contributed by atoms with Crippen molar-refractivity contribution in [2.45, 2.75) is 32.3 Å². The van der Waals surface area contributed by atoms with Gasteiger partial charge in [0.2, 0.25) is 0 Å².